The molecule has 31 heavy (non-hydrogen) atoms. The number of aliphatic hydroxyl groups is 3. The van der Waals surface area contributed by atoms with Gasteiger partial charge in [-0.2, -0.15) is 0 Å². The number of ether oxygens (including phenoxy) is 4. The Bertz CT molecular complexity index is 983. The monoisotopic (exact) mass is 436 g/mol. The van der Waals surface area contributed by atoms with Gasteiger partial charge in [-0.3, -0.25) is 0 Å². The summed E-state index contributed by atoms with van der Waals surface area (Å²) in [6.45, 7) is 4.97. The molecule has 4 heterocycles. The van der Waals surface area contributed by atoms with Gasteiger partial charge in [0.25, 0.3) is 0 Å². The number of allylic oxidation sites excluding steroid dienone is 1. The van der Waals surface area contributed by atoms with Gasteiger partial charge in [0.05, 0.1) is 11.8 Å². The van der Waals surface area contributed by atoms with E-state index in [1.807, 2.05) is 0 Å². The number of hydrogen-bond acceptors (Lipinski definition) is 10. The molecule has 4 aliphatic heterocycles. The number of carbonyl (C=O) groups is 3. The molecule has 0 spiro atoms. The van der Waals surface area contributed by atoms with Crippen LogP contribution in [0.1, 0.15) is 46.5 Å². The van der Waals surface area contributed by atoms with Crippen LogP contribution in [-0.4, -0.2) is 68.7 Å². The van der Waals surface area contributed by atoms with Crippen LogP contribution in [0.3, 0.4) is 0 Å². The van der Waals surface area contributed by atoms with Crippen molar-refractivity contribution in [2.75, 3.05) is 0 Å². The van der Waals surface area contributed by atoms with Gasteiger partial charge in [0.15, 0.2) is 5.79 Å². The fraction of sp³-hybridized carbons (Fsp3) is 0.667. The average Bonchev–Trinajstić information content (AvgIpc) is 3.33. The van der Waals surface area contributed by atoms with Crippen LogP contribution in [0.4, 0.5) is 0 Å². The Balaban J connectivity index is 1.54. The van der Waals surface area contributed by atoms with Crippen molar-refractivity contribution < 1.29 is 48.7 Å². The van der Waals surface area contributed by atoms with Crippen LogP contribution >= 0.6 is 0 Å². The quantitative estimate of drug-likeness (QED) is 0.300. The Kier molecular flexibility index (Phi) is 3.95. The van der Waals surface area contributed by atoms with Crippen molar-refractivity contribution >= 4 is 17.9 Å². The Hall–Kier alpha value is -2.27. The summed E-state index contributed by atoms with van der Waals surface area (Å²) in [5.74, 6) is -4.01. The molecule has 10 heteroatoms. The van der Waals surface area contributed by atoms with Crippen molar-refractivity contribution in [3.05, 3.63) is 22.8 Å². The summed E-state index contributed by atoms with van der Waals surface area (Å²) in [5.41, 5.74) is -3.74. The lowest BCUT2D eigenvalue weighted by Gasteiger charge is -2.38. The summed E-state index contributed by atoms with van der Waals surface area (Å²) in [7, 11) is 0. The van der Waals surface area contributed by atoms with Crippen LogP contribution in [0.15, 0.2) is 22.8 Å². The molecule has 10 nitrogen and oxygen atoms in total. The van der Waals surface area contributed by atoms with Gasteiger partial charge in [0.2, 0.25) is 11.9 Å². The highest BCUT2D eigenvalue weighted by molar-refractivity contribution is 5.95. The normalized spacial score (nSPS) is 50.1. The summed E-state index contributed by atoms with van der Waals surface area (Å²) in [6.07, 6.45) is -1.73. The molecule has 0 aromatic heterocycles. The Morgan fingerprint density at radius 1 is 1.10 bits per heavy atom. The van der Waals surface area contributed by atoms with E-state index in [0.29, 0.717) is 17.6 Å². The molecule has 5 rings (SSSR count). The molecule has 4 fully saturated rings. The van der Waals surface area contributed by atoms with Gasteiger partial charge < -0.3 is 34.3 Å². The fourth-order valence-corrected chi connectivity index (χ4v) is 5.78. The van der Waals surface area contributed by atoms with E-state index < -0.39 is 65.2 Å². The van der Waals surface area contributed by atoms with Crippen LogP contribution < -0.4 is 0 Å². The largest absolute Gasteiger partial charge is 0.455 e. The smallest absolute Gasteiger partial charge is 0.344 e. The van der Waals surface area contributed by atoms with Crippen molar-refractivity contribution in [3.63, 3.8) is 0 Å². The molecule has 0 aromatic carbocycles. The maximum Gasteiger partial charge on any atom is 0.344 e. The van der Waals surface area contributed by atoms with E-state index >= 15 is 0 Å². The molecule has 0 saturated carbocycles. The van der Waals surface area contributed by atoms with Crippen LogP contribution in [0, 0.1) is 5.41 Å². The molecule has 1 aliphatic carbocycles. The summed E-state index contributed by atoms with van der Waals surface area (Å²) in [5, 5.41) is 31.6. The molecule has 5 aliphatic rings. The van der Waals surface area contributed by atoms with Crippen molar-refractivity contribution in [2.24, 2.45) is 5.41 Å². The number of rotatable bonds is 2. The van der Waals surface area contributed by atoms with Crippen molar-refractivity contribution in [1.29, 1.82) is 0 Å². The highest BCUT2D eigenvalue weighted by Crippen LogP contribution is 2.64. The average molecular weight is 436 g/mol. The topological polar surface area (TPSA) is 149 Å². The molecule has 7 unspecified atom stereocenters. The van der Waals surface area contributed by atoms with Crippen LogP contribution in [0.2, 0.25) is 0 Å². The lowest BCUT2D eigenvalue weighted by atomic mass is 9.65. The molecule has 0 amide bonds. The molecule has 7 atom stereocenters. The molecule has 168 valence electrons. The van der Waals surface area contributed by atoms with E-state index in [1.54, 1.807) is 26.8 Å². The minimum absolute atomic E-state index is 0.138. The van der Waals surface area contributed by atoms with E-state index in [0.717, 1.165) is 0 Å². The van der Waals surface area contributed by atoms with Gasteiger partial charge in [-0.15, -0.1) is 0 Å². The van der Waals surface area contributed by atoms with Gasteiger partial charge >= 0.3 is 17.9 Å². The van der Waals surface area contributed by atoms with Crippen LogP contribution in [-0.2, 0) is 33.3 Å². The van der Waals surface area contributed by atoms with Gasteiger partial charge in [0.1, 0.15) is 17.8 Å². The number of aliphatic hydroxyl groups excluding tert-OH is 1. The highest BCUT2D eigenvalue weighted by Gasteiger charge is 2.76. The maximum absolute atomic E-state index is 12.7. The number of carbonyl (C=O) groups excluding carboxylic acids is 3. The summed E-state index contributed by atoms with van der Waals surface area (Å²) in [4.78, 5) is 37.2. The van der Waals surface area contributed by atoms with Crippen molar-refractivity contribution in [3.8, 4) is 0 Å². The molecule has 0 aromatic rings. The van der Waals surface area contributed by atoms with Crippen molar-refractivity contribution in [1.82, 2.24) is 0 Å². The third-order valence-electron chi connectivity index (χ3n) is 7.75. The predicted molar refractivity (Wildman–Crippen MR) is 98.6 cm³/mol. The van der Waals surface area contributed by atoms with E-state index in [1.165, 1.54) is 0 Å². The second-order valence-electron chi connectivity index (χ2n) is 9.33. The molecule has 3 N–H and O–H groups in total. The Morgan fingerprint density at radius 2 is 1.81 bits per heavy atom. The standard InChI is InChI=1S/C21H24O10/c1-9(10-7-12(28-14(10)23)20(26)8-13(22)29-17(20)25)19(3)16-18(2)11(15(24)30-16)5-4-6-21(18,27)31-19/h5,12-13,16,22,26-27H,4,6-8H2,1-3H3. The summed E-state index contributed by atoms with van der Waals surface area (Å²) >= 11 is 0. The summed E-state index contributed by atoms with van der Waals surface area (Å²) < 4.78 is 21.7. The van der Waals surface area contributed by atoms with E-state index in [2.05, 4.69) is 4.74 Å². The first kappa shape index (κ1) is 20.6. The third kappa shape index (κ3) is 2.33. The molecular formula is C21H24O10. The van der Waals surface area contributed by atoms with Gasteiger partial charge in [-0.25, -0.2) is 14.4 Å². The van der Waals surface area contributed by atoms with Crippen molar-refractivity contribution in [2.45, 2.75) is 81.9 Å². The lowest BCUT2D eigenvalue weighted by Crippen LogP contribution is -2.48. The zero-order chi connectivity index (χ0) is 22.6. The minimum atomic E-state index is -2.16. The molecular weight excluding hydrogens is 412 g/mol. The minimum Gasteiger partial charge on any atom is -0.455 e. The molecule has 0 bridgehead atoms. The second-order valence-corrected chi connectivity index (χ2v) is 9.33. The Morgan fingerprint density at radius 3 is 2.45 bits per heavy atom. The Labute approximate surface area is 177 Å². The maximum atomic E-state index is 12.7. The van der Waals surface area contributed by atoms with E-state index in [9.17, 15) is 29.7 Å². The summed E-state index contributed by atoms with van der Waals surface area (Å²) in [6, 6.07) is 0. The first-order valence-corrected chi connectivity index (χ1v) is 10.2. The van der Waals surface area contributed by atoms with Gasteiger partial charge in [-0.05, 0) is 32.8 Å². The zero-order valence-electron chi connectivity index (χ0n) is 17.3. The third-order valence-corrected chi connectivity index (χ3v) is 7.75. The first-order valence-electron chi connectivity index (χ1n) is 10.2. The number of esters is 3. The van der Waals surface area contributed by atoms with Gasteiger partial charge in [-0.1, -0.05) is 6.08 Å². The second kappa shape index (κ2) is 5.94. The number of hydrogen-bond donors (Lipinski definition) is 3. The fourth-order valence-electron chi connectivity index (χ4n) is 5.78. The predicted octanol–water partition coefficient (Wildman–Crippen LogP) is -0.256. The van der Waals surface area contributed by atoms with Crippen LogP contribution in [0.25, 0.3) is 0 Å². The van der Waals surface area contributed by atoms with Gasteiger partial charge in [0, 0.05) is 24.0 Å². The lowest BCUT2D eigenvalue weighted by molar-refractivity contribution is -0.247. The van der Waals surface area contributed by atoms with Crippen LogP contribution in [0.5, 0.6) is 0 Å². The van der Waals surface area contributed by atoms with E-state index in [4.69, 9.17) is 14.2 Å². The first-order chi connectivity index (χ1) is 14.4. The highest BCUT2D eigenvalue weighted by atomic mass is 16.7. The molecule has 0 radical (unpaired) electrons. The molecule has 4 saturated heterocycles. The zero-order valence-corrected chi connectivity index (χ0v) is 17.3. The SMILES string of the molecule is CC(=C1CC(C2(O)CC(O)OC2=O)OC1=O)C1(C)OC2(O)CCC=C3C(=O)OC1C32C. The van der Waals surface area contributed by atoms with E-state index in [-0.39, 0.29) is 18.4 Å². The number of cyclic esters (lactones) is 2.